The highest BCUT2D eigenvalue weighted by atomic mass is 32.2. The van der Waals surface area contributed by atoms with Crippen molar-refractivity contribution in [1.29, 1.82) is 0 Å². The fourth-order valence-electron chi connectivity index (χ4n) is 3.02. The number of nitrogens with zero attached hydrogens (tertiary/aromatic N) is 1. The lowest BCUT2D eigenvalue weighted by Gasteiger charge is -2.25. The van der Waals surface area contributed by atoms with Crippen molar-refractivity contribution in [3.8, 4) is 0 Å². The molecule has 2 rings (SSSR count). The highest BCUT2D eigenvalue weighted by Crippen LogP contribution is 2.22. The summed E-state index contributed by atoms with van der Waals surface area (Å²) < 4.78 is 38.6. The molecule has 0 radical (unpaired) electrons. The number of hydrogen-bond acceptors (Lipinski definition) is 3. The first kappa shape index (κ1) is 20.9. The lowest BCUT2D eigenvalue weighted by molar-refractivity contribution is -0.120. The molecule has 0 saturated heterocycles. The summed E-state index contributed by atoms with van der Waals surface area (Å²) in [5.41, 5.74) is 3.30. The average molecular weight is 392 g/mol. The fraction of sp³-hybridized carbons (Fsp3) is 0.350. The quantitative estimate of drug-likeness (QED) is 0.785. The predicted molar refractivity (Wildman–Crippen MR) is 106 cm³/mol. The summed E-state index contributed by atoms with van der Waals surface area (Å²) in [5.74, 6) is -1.01. The summed E-state index contributed by atoms with van der Waals surface area (Å²) in [6.07, 6.45) is 1.65. The minimum atomic E-state index is -3.74. The molecule has 0 spiro atoms. The molecule has 27 heavy (non-hydrogen) atoms. The van der Waals surface area contributed by atoms with Crippen LogP contribution in [0, 0.1) is 19.7 Å². The Morgan fingerprint density at radius 2 is 1.89 bits per heavy atom. The largest absolute Gasteiger partial charge is 0.348 e. The van der Waals surface area contributed by atoms with Crippen LogP contribution < -0.4 is 9.62 Å². The standard InChI is InChI=1S/C20H25FN2O3S/c1-5-19(18-10-9-14(2)11-15(18)3)22-20(24)13-23(27(4,25)26)17-8-6-7-16(21)12-17/h6-12,19H,5,13H2,1-4H3,(H,22,24)/t19-/m0/s1. The summed E-state index contributed by atoms with van der Waals surface area (Å²) in [6, 6.07) is 10.9. The Balaban J connectivity index is 2.22. The predicted octanol–water partition coefficient (Wildman–Crippen LogP) is 3.48. The first-order valence-corrected chi connectivity index (χ1v) is 10.6. The van der Waals surface area contributed by atoms with Crippen molar-refractivity contribution in [2.45, 2.75) is 33.2 Å². The van der Waals surface area contributed by atoms with E-state index in [0.717, 1.165) is 33.3 Å². The monoisotopic (exact) mass is 392 g/mol. The van der Waals surface area contributed by atoms with Gasteiger partial charge < -0.3 is 5.32 Å². The molecule has 7 heteroatoms. The summed E-state index contributed by atoms with van der Waals surface area (Å²) >= 11 is 0. The minimum Gasteiger partial charge on any atom is -0.348 e. The van der Waals surface area contributed by atoms with Crippen LogP contribution in [-0.2, 0) is 14.8 Å². The van der Waals surface area contributed by atoms with Crippen molar-refractivity contribution < 1.29 is 17.6 Å². The van der Waals surface area contributed by atoms with E-state index >= 15 is 0 Å². The zero-order valence-electron chi connectivity index (χ0n) is 16.0. The number of rotatable bonds is 7. The molecule has 0 unspecified atom stereocenters. The van der Waals surface area contributed by atoms with Crippen LogP contribution in [0.3, 0.4) is 0 Å². The number of amides is 1. The molecule has 0 heterocycles. The molecule has 5 nitrogen and oxygen atoms in total. The van der Waals surface area contributed by atoms with E-state index in [-0.39, 0.29) is 11.7 Å². The molecule has 0 aliphatic heterocycles. The molecule has 2 aromatic rings. The smallest absolute Gasteiger partial charge is 0.241 e. The van der Waals surface area contributed by atoms with Gasteiger partial charge >= 0.3 is 0 Å². The van der Waals surface area contributed by atoms with E-state index in [1.807, 2.05) is 39.0 Å². The SMILES string of the molecule is CC[C@H](NC(=O)CN(c1cccc(F)c1)S(C)(=O)=O)c1ccc(C)cc1C. The van der Waals surface area contributed by atoms with Gasteiger partial charge in [-0.15, -0.1) is 0 Å². The van der Waals surface area contributed by atoms with Crippen molar-refractivity contribution in [2.75, 3.05) is 17.1 Å². The van der Waals surface area contributed by atoms with Crippen molar-refractivity contribution in [2.24, 2.45) is 0 Å². The second-order valence-electron chi connectivity index (χ2n) is 6.64. The molecular formula is C20H25FN2O3S. The minimum absolute atomic E-state index is 0.118. The number of benzene rings is 2. The van der Waals surface area contributed by atoms with Gasteiger partial charge in [-0.05, 0) is 49.6 Å². The van der Waals surface area contributed by atoms with Crippen LogP contribution in [-0.4, -0.2) is 27.1 Å². The van der Waals surface area contributed by atoms with Crippen LogP contribution in [0.1, 0.15) is 36.1 Å². The highest BCUT2D eigenvalue weighted by Gasteiger charge is 2.23. The number of sulfonamides is 1. The molecule has 0 aromatic heterocycles. The second-order valence-corrected chi connectivity index (χ2v) is 8.54. The van der Waals surface area contributed by atoms with Gasteiger partial charge in [0.25, 0.3) is 0 Å². The second kappa shape index (κ2) is 8.52. The number of carbonyl (C=O) groups is 1. The maximum absolute atomic E-state index is 13.5. The van der Waals surface area contributed by atoms with E-state index in [4.69, 9.17) is 0 Å². The maximum Gasteiger partial charge on any atom is 0.241 e. The van der Waals surface area contributed by atoms with E-state index in [2.05, 4.69) is 5.32 Å². The molecule has 0 aliphatic rings. The summed E-state index contributed by atoms with van der Waals surface area (Å²) in [4.78, 5) is 12.6. The van der Waals surface area contributed by atoms with Crippen LogP contribution in [0.5, 0.6) is 0 Å². The normalized spacial score (nSPS) is 12.5. The maximum atomic E-state index is 13.5. The summed E-state index contributed by atoms with van der Waals surface area (Å²) in [6.45, 7) is 5.51. The number of aryl methyl sites for hydroxylation is 2. The van der Waals surface area contributed by atoms with E-state index in [1.165, 1.54) is 18.2 Å². The average Bonchev–Trinajstić information content (AvgIpc) is 2.57. The molecular weight excluding hydrogens is 367 g/mol. The molecule has 0 saturated carbocycles. The van der Waals surface area contributed by atoms with Crippen molar-refractivity contribution in [3.05, 3.63) is 65.0 Å². The first-order valence-electron chi connectivity index (χ1n) is 8.71. The van der Waals surface area contributed by atoms with Gasteiger partial charge in [0.1, 0.15) is 12.4 Å². The van der Waals surface area contributed by atoms with Gasteiger partial charge in [-0.2, -0.15) is 0 Å². The summed E-state index contributed by atoms with van der Waals surface area (Å²) in [7, 11) is -3.74. The van der Waals surface area contributed by atoms with Gasteiger partial charge in [-0.3, -0.25) is 9.10 Å². The number of halogens is 1. The lowest BCUT2D eigenvalue weighted by Crippen LogP contribution is -2.41. The Labute approximate surface area is 160 Å². The number of hydrogen-bond donors (Lipinski definition) is 1. The third kappa shape index (κ3) is 5.53. The van der Waals surface area contributed by atoms with Crippen LogP contribution in [0.4, 0.5) is 10.1 Å². The molecule has 1 amide bonds. The highest BCUT2D eigenvalue weighted by molar-refractivity contribution is 7.92. The Morgan fingerprint density at radius 3 is 2.44 bits per heavy atom. The molecule has 0 aliphatic carbocycles. The topological polar surface area (TPSA) is 66.5 Å². The molecule has 146 valence electrons. The molecule has 0 bridgehead atoms. The van der Waals surface area contributed by atoms with Gasteiger partial charge in [0.2, 0.25) is 15.9 Å². The van der Waals surface area contributed by atoms with E-state index in [1.54, 1.807) is 0 Å². The van der Waals surface area contributed by atoms with Gasteiger partial charge in [0, 0.05) is 0 Å². The van der Waals surface area contributed by atoms with Crippen molar-refractivity contribution >= 4 is 21.6 Å². The van der Waals surface area contributed by atoms with E-state index in [0.29, 0.717) is 6.42 Å². The van der Waals surface area contributed by atoms with Crippen LogP contribution in [0.15, 0.2) is 42.5 Å². The van der Waals surface area contributed by atoms with Gasteiger partial charge in [0.15, 0.2) is 0 Å². The van der Waals surface area contributed by atoms with Crippen molar-refractivity contribution in [1.82, 2.24) is 5.32 Å². The molecule has 0 fully saturated rings. The van der Waals surface area contributed by atoms with Crippen LogP contribution >= 0.6 is 0 Å². The number of nitrogens with one attached hydrogen (secondary N) is 1. The fourth-order valence-corrected chi connectivity index (χ4v) is 3.87. The third-order valence-electron chi connectivity index (χ3n) is 4.33. The Bertz CT molecular complexity index is 929. The first-order chi connectivity index (χ1) is 12.6. The molecule has 2 aromatic carbocycles. The van der Waals surface area contributed by atoms with Crippen LogP contribution in [0.25, 0.3) is 0 Å². The number of carbonyl (C=O) groups excluding carboxylic acids is 1. The Hall–Kier alpha value is -2.41. The zero-order chi connectivity index (χ0) is 20.2. The lowest BCUT2D eigenvalue weighted by atomic mass is 9.97. The summed E-state index contributed by atoms with van der Waals surface area (Å²) in [5, 5.41) is 2.89. The zero-order valence-corrected chi connectivity index (χ0v) is 16.8. The number of anilines is 1. The molecule has 1 atom stereocenters. The Morgan fingerprint density at radius 1 is 1.19 bits per heavy atom. The van der Waals surface area contributed by atoms with Gasteiger partial charge in [0.05, 0.1) is 18.0 Å². The van der Waals surface area contributed by atoms with Gasteiger partial charge in [-0.25, -0.2) is 12.8 Å². The van der Waals surface area contributed by atoms with E-state index < -0.39 is 28.3 Å². The van der Waals surface area contributed by atoms with Gasteiger partial charge in [-0.1, -0.05) is 36.8 Å². The van der Waals surface area contributed by atoms with E-state index in [9.17, 15) is 17.6 Å². The molecule has 1 N–H and O–H groups in total. The Kier molecular flexibility index (Phi) is 6.59. The van der Waals surface area contributed by atoms with Crippen LogP contribution in [0.2, 0.25) is 0 Å². The third-order valence-corrected chi connectivity index (χ3v) is 5.47. The van der Waals surface area contributed by atoms with Crippen molar-refractivity contribution in [3.63, 3.8) is 0 Å².